The second kappa shape index (κ2) is 3.74. The maximum Gasteiger partial charge on any atom is 0.109 e. The van der Waals surface area contributed by atoms with E-state index in [1.165, 1.54) is 0 Å². The lowest BCUT2D eigenvalue weighted by Crippen LogP contribution is -2.63. The van der Waals surface area contributed by atoms with Crippen molar-refractivity contribution >= 4 is 11.8 Å². The quantitative estimate of drug-likeness (QED) is 0.449. The summed E-state index contributed by atoms with van der Waals surface area (Å²) >= 11 is 1.79. The predicted molar refractivity (Wildman–Crippen MR) is 50.7 cm³/mol. The van der Waals surface area contributed by atoms with Gasteiger partial charge in [0.15, 0.2) is 0 Å². The van der Waals surface area contributed by atoms with Crippen molar-refractivity contribution < 1.29 is 15.3 Å². The minimum Gasteiger partial charge on any atom is -0.389 e. The van der Waals surface area contributed by atoms with Crippen LogP contribution in [0.2, 0.25) is 0 Å². The third-order valence-corrected chi connectivity index (χ3v) is 3.89. The Labute approximate surface area is 81.5 Å². The van der Waals surface area contributed by atoms with Crippen molar-refractivity contribution in [1.29, 1.82) is 0 Å². The molecule has 4 atom stereocenters. The van der Waals surface area contributed by atoms with Crippen LogP contribution in [0.5, 0.6) is 0 Å². The molecular weight excluding hydrogens is 190 g/mol. The van der Waals surface area contributed by atoms with Gasteiger partial charge in [-0.2, -0.15) is 11.8 Å². The highest BCUT2D eigenvalue weighted by Crippen LogP contribution is 2.25. The van der Waals surface area contributed by atoms with E-state index < -0.39 is 18.3 Å². The van der Waals surface area contributed by atoms with Gasteiger partial charge in [0, 0.05) is 30.6 Å². The molecule has 0 aliphatic carbocycles. The second-order valence-corrected chi connectivity index (χ2v) is 4.84. The summed E-state index contributed by atoms with van der Waals surface area (Å²) < 4.78 is 0. The molecule has 0 bridgehead atoms. The van der Waals surface area contributed by atoms with Gasteiger partial charge >= 0.3 is 0 Å². The van der Waals surface area contributed by atoms with Crippen LogP contribution in [-0.4, -0.2) is 69.2 Å². The molecule has 2 saturated heterocycles. The average molecular weight is 205 g/mol. The van der Waals surface area contributed by atoms with Crippen LogP contribution in [0.15, 0.2) is 0 Å². The van der Waals surface area contributed by atoms with Gasteiger partial charge in [-0.25, -0.2) is 0 Å². The van der Waals surface area contributed by atoms with Gasteiger partial charge in [0.05, 0.1) is 12.2 Å². The Bertz CT molecular complexity index is 190. The van der Waals surface area contributed by atoms with E-state index in [1.807, 2.05) is 0 Å². The maximum absolute atomic E-state index is 9.68. The number of fused-ring (bicyclic) bond motifs is 1. The van der Waals surface area contributed by atoms with Gasteiger partial charge in [0.2, 0.25) is 0 Å². The van der Waals surface area contributed by atoms with Crippen LogP contribution in [0.25, 0.3) is 0 Å². The molecule has 0 aromatic rings. The van der Waals surface area contributed by atoms with E-state index in [2.05, 4.69) is 4.90 Å². The Morgan fingerprint density at radius 1 is 1.15 bits per heavy atom. The van der Waals surface area contributed by atoms with Gasteiger partial charge in [-0.3, -0.25) is 4.90 Å². The van der Waals surface area contributed by atoms with E-state index in [0.717, 1.165) is 18.1 Å². The van der Waals surface area contributed by atoms with Crippen LogP contribution in [0, 0.1) is 0 Å². The van der Waals surface area contributed by atoms with Crippen molar-refractivity contribution in [2.24, 2.45) is 0 Å². The Balaban J connectivity index is 2.08. The highest BCUT2D eigenvalue weighted by Gasteiger charge is 2.42. The van der Waals surface area contributed by atoms with Crippen molar-refractivity contribution in [3.63, 3.8) is 0 Å². The van der Waals surface area contributed by atoms with Crippen molar-refractivity contribution in [1.82, 2.24) is 4.90 Å². The van der Waals surface area contributed by atoms with Crippen molar-refractivity contribution in [2.45, 2.75) is 24.4 Å². The summed E-state index contributed by atoms with van der Waals surface area (Å²) in [6.07, 6.45) is -2.56. The van der Waals surface area contributed by atoms with E-state index in [1.54, 1.807) is 11.8 Å². The molecule has 0 saturated carbocycles. The van der Waals surface area contributed by atoms with Gasteiger partial charge < -0.3 is 15.3 Å². The fourth-order valence-electron chi connectivity index (χ4n) is 2.00. The maximum atomic E-state index is 9.68. The minimum absolute atomic E-state index is 0.0251. The largest absolute Gasteiger partial charge is 0.389 e. The highest BCUT2D eigenvalue weighted by atomic mass is 32.2. The summed E-state index contributed by atoms with van der Waals surface area (Å²) in [5.74, 6) is 1.90. The number of hydrogen-bond acceptors (Lipinski definition) is 5. The molecule has 2 rings (SSSR count). The monoisotopic (exact) mass is 205 g/mol. The Hall–Kier alpha value is 0.190. The molecule has 0 amide bonds. The molecule has 5 heteroatoms. The molecule has 2 aliphatic heterocycles. The SMILES string of the molecule is O[C@H]1[C@H](O)[C@@H](O)CN2CCSC[C@H]12. The molecule has 76 valence electrons. The van der Waals surface area contributed by atoms with Gasteiger partial charge in [0.25, 0.3) is 0 Å². The van der Waals surface area contributed by atoms with Crippen LogP contribution < -0.4 is 0 Å². The Kier molecular flexibility index (Phi) is 2.80. The van der Waals surface area contributed by atoms with Crippen molar-refractivity contribution in [3.05, 3.63) is 0 Å². The minimum atomic E-state index is -0.972. The number of piperidine rings is 1. The summed E-state index contributed by atoms with van der Waals surface area (Å²) in [5, 5.41) is 28.6. The molecule has 0 unspecified atom stereocenters. The molecule has 2 fully saturated rings. The smallest absolute Gasteiger partial charge is 0.109 e. The lowest BCUT2D eigenvalue weighted by molar-refractivity contribution is -0.131. The van der Waals surface area contributed by atoms with E-state index in [4.69, 9.17) is 0 Å². The zero-order valence-corrected chi connectivity index (χ0v) is 8.15. The summed E-state index contributed by atoms with van der Waals surface area (Å²) in [6.45, 7) is 1.39. The normalized spacial score (nSPS) is 47.3. The highest BCUT2D eigenvalue weighted by molar-refractivity contribution is 7.99. The average Bonchev–Trinajstić information content (AvgIpc) is 2.15. The molecule has 2 aliphatic rings. The molecule has 13 heavy (non-hydrogen) atoms. The van der Waals surface area contributed by atoms with E-state index in [-0.39, 0.29) is 6.04 Å². The summed E-state index contributed by atoms with van der Waals surface area (Å²) in [5.41, 5.74) is 0. The number of aliphatic hydroxyl groups excluding tert-OH is 3. The lowest BCUT2D eigenvalue weighted by atomic mass is 9.95. The van der Waals surface area contributed by atoms with Gasteiger partial charge in [0.1, 0.15) is 6.10 Å². The predicted octanol–water partition coefficient (Wildman–Crippen LogP) is -1.50. The first-order chi connectivity index (χ1) is 6.20. The standard InChI is InChI=1S/C8H15NO3S/c10-6-3-9-1-2-13-4-5(9)7(11)8(6)12/h5-8,10-12H,1-4H2/t5-,6+,7-,8-/m1/s1. The van der Waals surface area contributed by atoms with E-state index in [0.29, 0.717) is 6.54 Å². The summed E-state index contributed by atoms with van der Waals surface area (Å²) in [7, 11) is 0. The first-order valence-corrected chi connectivity index (χ1v) is 5.71. The van der Waals surface area contributed by atoms with Crippen LogP contribution in [0.4, 0.5) is 0 Å². The molecule has 3 N–H and O–H groups in total. The second-order valence-electron chi connectivity index (χ2n) is 3.69. The molecular formula is C8H15NO3S. The Morgan fingerprint density at radius 2 is 1.92 bits per heavy atom. The fraction of sp³-hybridized carbons (Fsp3) is 1.00. The van der Waals surface area contributed by atoms with Crippen LogP contribution >= 0.6 is 11.8 Å². The first-order valence-electron chi connectivity index (χ1n) is 4.56. The van der Waals surface area contributed by atoms with Gasteiger partial charge in [-0.15, -0.1) is 0 Å². The number of rotatable bonds is 0. The third kappa shape index (κ3) is 1.71. The molecule has 4 nitrogen and oxygen atoms in total. The van der Waals surface area contributed by atoms with Crippen LogP contribution in [-0.2, 0) is 0 Å². The summed E-state index contributed by atoms with van der Waals surface area (Å²) in [4.78, 5) is 2.07. The zero-order chi connectivity index (χ0) is 9.42. The van der Waals surface area contributed by atoms with Crippen LogP contribution in [0.3, 0.4) is 0 Å². The van der Waals surface area contributed by atoms with E-state index in [9.17, 15) is 15.3 Å². The molecule has 0 aromatic heterocycles. The number of hydrogen-bond donors (Lipinski definition) is 3. The number of nitrogens with zero attached hydrogens (tertiary/aromatic N) is 1. The van der Waals surface area contributed by atoms with Crippen LogP contribution in [0.1, 0.15) is 0 Å². The molecule has 0 radical (unpaired) electrons. The molecule has 0 spiro atoms. The third-order valence-electron chi connectivity index (χ3n) is 2.84. The summed E-state index contributed by atoms with van der Waals surface area (Å²) in [6, 6.07) is 0.0251. The Morgan fingerprint density at radius 3 is 2.69 bits per heavy atom. The van der Waals surface area contributed by atoms with Gasteiger partial charge in [-0.1, -0.05) is 0 Å². The number of thioether (sulfide) groups is 1. The first kappa shape index (κ1) is 9.73. The molecule has 0 aromatic carbocycles. The van der Waals surface area contributed by atoms with E-state index >= 15 is 0 Å². The van der Waals surface area contributed by atoms with Crippen molar-refractivity contribution in [3.8, 4) is 0 Å². The fourth-order valence-corrected chi connectivity index (χ4v) is 3.18. The zero-order valence-electron chi connectivity index (χ0n) is 7.33. The molecule has 2 heterocycles. The van der Waals surface area contributed by atoms with Gasteiger partial charge in [-0.05, 0) is 0 Å². The van der Waals surface area contributed by atoms with Crippen molar-refractivity contribution in [2.75, 3.05) is 24.6 Å². The topological polar surface area (TPSA) is 63.9 Å². The lowest BCUT2D eigenvalue weighted by Gasteiger charge is -2.45. The number of aliphatic hydroxyl groups is 3.